The number of aliphatic carboxylic acids is 1. The summed E-state index contributed by atoms with van der Waals surface area (Å²) in [5.74, 6) is -0.0289. The van der Waals surface area contributed by atoms with Gasteiger partial charge in [0.2, 0.25) is 5.91 Å². The lowest BCUT2D eigenvalue weighted by atomic mass is 10.1. The van der Waals surface area contributed by atoms with Crippen molar-refractivity contribution in [2.45, 2.75) is 24.3 Å². The van der Waals surface area contributed by atoms with Crippen LogP contribution in [0, 0.1) is 0 Å². The van der Waals surface area contributed by atoms with Crippen LogP contribution in [0.2, 0.25) is 0 Å². The zero-order valence-electron chi connectivity index (χ0n) is 6.40. The molecule has 0 unspecified atom stereocenters. The van der Waals surface area contributed by atoms with Crippen molar-refractivity contribution in [3.05, 3.63) is 0 Å². The van der Waals surface area contributed by atoms with Crippen LogP contribution in [-0.2, 0) is 9.59 Å². The van der Waals surface area contributed by atoms with Gasteiger partial charge in [-0.1, -0.05) is 0 Å². The van der Waals surface area contributed by atoms with Crippen molar-refractivity contribution in [1.82, 2.24) is 4.90 Å². The van der Waals surface area contributed by atoms with Crippen molar-refractivity contribution < 1.29 is 14.7 Å². The van der Waals surface area contributed by atoms with Crippen LogP contribution in [-0.4, -0.2) is 39.1 Å². The van der Waals surface area contributed by atoms with Crippen LogP contribution in [0.5, 0.6) is 0 Å². The topological polar surface area (TPSA) is 57.6 Å². The molecular formula is C7H9NO3S. The largest absolute Gasteiger partial charge is 0.480 e. The molecule has 0 spiro atoms. The molecule has 2 heterocycles. The average Bonchev–Trinajstić information content (AvgIpc) is 2.01. The van der Waals surface area contributed by atoms with E-state index >= 15 is 0 Å². The van der Waals surface area contributed by atoms with Gasteiger partial charge in [0.25, 0.3) is 0 Å². The summed E-state index contributed by atoms with van der Waals surface area (Å²) < 4.78 is 0. The van der Waals surface area contributed by atoms with Gasteiger partial charge in [0.05, 0.1) is 11.8 Å². The van der Waals surface area contributed by atoms with E-state index in [9.17, 15) is 9.59 Å². The number of carbonyl (C=O) groups is 2. The second kappa shape index (κ2) is 2.65. The quantitative estimate of drug-likeness (QED) is 0.593. The highest BCUT2D eigenvalue weighted by Gasteiger charge is 2.46. The molecule has 5 heteroatoms. The van der Waals surface area contributed by atoms with E-state index in [1.807, 2.05) is 0 Å². The molecule has 12 heavy (non-hydrogen) atoms. The Kier molecular flexibility index (Phi) is 1.75. The van der Waals surface area contributed by atoms with Gasteiger partial charge in [-0.3, -0.25) is 4.79 Å². The van der Waals surface area contributed by atoms with E-state index in [-0.39, 0.29) is 11.3 Å². The van der Waals surface area contributed by atoms with E-state index in [4.69, 9.17) is 5.11 Å². The highest BCUT2D eigenvalue weighted by molar-refractivity contribution is 8.00. The number of nitrogens with zero attached hydrogens (tertiary/aromatic N) is 1. The first-order valence-corrected chi connectivity index (χ1v) is 4.90. The van der Waals surface area contributed by atoms with Gasteiger partial charge in [-0.25, -0.2) is 4.79 Å². The molecule has 1 N–H and O–H groups in total. The number of β-lactam (4-membered cyclic amide) rings is 1. The van der Waals surface area contributed by atoms with Crippen LogP contribution in [0.25, 0.3) is 0 Å². The maximum absolute atomic E-state index is 11.0. The van der Waals surface area contributed by atoms with Gasteiger partial charge >= 0.3 is 5.97 Å². The number of amides is 1. The second-order valence-electron chi connectivity index (χ2n) is 2.97. The lowest BCUT2D eigenvalue weighted by molar-refractivity contribution is -0.158. The molecule has 0 aromatic rings. The fraction of sp³-hybridized carbons (Fsp3) is 0.714. The van der Waals surface area contributed by atoms with Gasteiger partial charge in [-0.05, 0) is 12.2 Å². The predicted molar refractivity (Wildman–Crippen MR) is 43.7 cm³/mol. The first-order valence-electron chi connectivity index (χ1n) is 3.85. The van der Waals surface area contributed by atoms with Gasteiger partial charge in [-0.2, -0.15) is 0 Å². The highest BCUT2D eigenvalue weighted by Crippen LogP contribution is 2.37. The summed E-state index contributed by atoms with van der Waals surface area (Å²) in [5.41, 5.74) is 0. The van der Waals surface area contributed by atoms with Crippen LogP contribution in [0.3, 0.4) is 0 Å². The molecule has 0 aromatic carbocycles. The first kappa shape index (κ1) is 7.91. The summed E-state index contributed by atoms with van der Waals surface area (Å²) in [6, 6.07) is -0.558. The predicted octanol–water partition coefficient (Wildman–Crippen LogP) is 0.135. The van der Waals surface area contributed by atoms with Gasteiger partial charge in [-0.15, -0.1) is 11.8 Å². The Balaban J connectivity index is 2.12. The fourth-order valence-electron chi connectivity index (χ4n) is 1.61. The Labute approximate surface area is 73.9 Å². The molecule has 2 rings (SSSR count). The van der Waals surface area contributed by atoms with Crippen molar-refractivity contribution >= 4 is 23.6 Å². The zero-order valence-corrected chi connectivity index (χ0v) is 7.21. The second-order valence-corrected chi connectivity index (χ2v) is 4.26. The molecule has 0 aliphatic carbocycles. The summed E-state index contributed by atoms with van der Waals surface area (Å²) in [6.45, 7) is 0. The average molecular weight is 187 g/mol. The third kappa shape index (κ3) is 0.998. The van der Waals surface area contributed by atoms with E-state index in [2.05, 4.69) is 0 Å². The molecule has 2 saturated heterocycles. The van der Waals surface area contributed by atoms with E-state index in [1.165, 1.54) is 4.90 Å². The maximum atomic E-state index is 11.0. The Morgan fingerprint density at radius 2 is 2.42 bits per heavy atom. The van der Waals surface area contributed by atoms with Crippen LogP contribution in [0.1, 0.15) is 12.8 Å². The minimum atomic E-state index is -0.867. The number of hydrogen-bond donors (Lipinski definition) is 1. The first-order chi connectivity index (χ1) is 5.70. The molecule has 0 radical (unpaired) electrons. The van der Waals surface area contributed by atoms with E-state index in [0.717, 1.165) is 5.75 Å². The molecular weight excluding hydrogens is 178 g/mol. The summed E-state index contributed by atoms with van der Waals surface area (Å²) in [6.07, 6.45) is 1.11. The third-order valence-electron chi connectivity index (χ3n) is 2.27. The van der Waals surface area contributed by atoms with Crippen molar-refractivity contribution in [2.75, 3.05) is 5.75 Å². The number of thioether (sulfide) groups is 1. The molecule has 1 amide bonds. The minimum absolute atomic E-state index is 0.0143. The molecule has 0 aromatic heterocycles. The zero-order chi connectivity index (χ0) is 8.72. The number of carboxylic acid groups (broad SMARTS) is 1. The van der Waals surface area contributed by atoms with Crippen LogP contribution in [0.4, 0.5) is 0 Å². The standard InChI is InChI=1S/C7H9NO3S/c9-5-3-6-8(5)4(7(10)11)1-2-12-6/h4,6H,1-3H2,(H,10,11)/t4-,6-/m1/s1. The molecule has 2 aliphatic heterocycles. The molecule has 2 atom stereocenters. The summed E-state index contributed by atoms with van der Waals surface area (Å²) in [5, 5.41) is 8.92. The van der Waals surface area contributed by atoms with Crippen molar-refractivity contribution in [3.8, 4) is 0 Å². The Bertz CT molecular complexity index is 235. The van der Waals surface area contributed by atoms with E-state index < -0.39 is 12.0 Å². The fourth-order valence-corrected chi connectivity index (χ4v) is 2.93. The Morgan fingerprint density at radius 3 is 2.92 bits per heavy atom. The van der Waals surface area contributed by atoms with Crippen molar-refractivity contribution in [3.63, 3.8) is 0 Å². The smallest absolute Gasteiger partial charge is 0.326 e. The van der Waals surface area contributed by atoms with Gasteiger partial charge in [0, 0.05) is 0 Å². The summed E-state index contributed by atoms with van der Waals surface area (Å²) >= 11 is 1.68. The molecule has 2 fully saturated rings. The number of hydrogen-bond acceptors (Lipinski definition) is 3. The SMILES string of the molecule is O=C(O)[C@H]1CCS[C@@H]2CC(=O)N12. The molecule has 66 valence electrons. The molecule has 2 aliphatic rings. The van der Waals surface area contributed by atoms with Crippen LogP contribution >= 0.6 is 11.8 Å². The van der Waals surface area contributed by atoms with Gasteiger partial charge < -0.3 is 10.0 Å². The van der Waals surface area contributed by atoms with Gasteiger partial charge in [0.15, 0.2) is 0 Å². The molecule has 4 nitrogen and oxygen atoms in total. The third-order valence-corrected chi connectivity index (χ3v) is 3.52. The van der Waals surface area contributed by atoms with Crippen molar-refractivity contribution in [2.24, 2.45) is 0 Å². The van der Waals surface area contributed by atoms with Crippen LogP contribution < -0.4 is 0 Å². The minimum Gasteiger partial charge on any atom is -0.480 e. The number of fused-ring (bicyclic) bond motifs is 1. The molecule has 0 bridgehead atoms. The Morgan fingerprint density at radius 1 is 1.67 bits per heavy atom. The lowest BCUT2D eigenvalue weighted by Crippen LogP contribution is -2.60. The highest BCUT2D eigenvalue weighted by atomic mass is 32.2. The van der Waals surface area contributed by atoms with E-state index in [0.29, 0.717) is 12.8 Å². The number of carboxylic acids is 1. The normalized spacial score (nSPS) is 34.0. The summed E-state index contributed by atoms with van der Waals surface area (Å²) in [4.78, 5) is 23.2. The number of carbonyl (C=O) groups excluding carboxylic acids is 1. The van der Waals surface area contributed by atoms with E-state index in [1.54, 1.807) is 11.8 Å². The number of rotatable bonds is 1. The monoisotopic (exact) mass is 187 g/mol. The maximum Gasteiger partial charge on any atom is 0.326 e. The lowest BCUT2D eigenvalue weighted by Gasteiger charge is -2.46. The Hall–Kier alpha value is -0.710. The van der Waals surface area contributed by atoms with Crippen LogP contribution in [0.15, 0.2) is 0 Å². The van der Waals surface area contributed by atoms with Gasteiger partial charge in [0.1, 0.15) is 6.04 Å². The summed E-state index contributed by atoms with van der Waals surface area (Å²) in [7, 11) is 0. The van der Waals surface area contributed by atoms with Crippen molar-refractivity contribution in [1.29, 1.82) is 0 Å². The molecule has 0 saturated carbocycles.